The van der Waals surface area contributed by atoms with Crippen molar-refractivity contribution in [3.05, 3.63) is 53.1 Å². The van der Waals surface area contributed by atoms with Gasteiger partial charge in [-0.15, -0.1) is 0 Å². The molecule has 29 heavy (non-hydrogen) atoms. The number of anilines is 1. The van der Waals surface area contributed by atoms with Crippen molar-refractivity contribution in [3.8, 4) is 11.5 Å². The fourth-order valence-corrected chi connectivity index (χ4v) is 3.52. The molecule has 0 radical (unpaired) electrons. The number of aryl methyl sites for hydroxylation is 1. The zero-order valence-corrected chi connectivity index (χ0v) is 17.7. The van der Waals surface area contributed by atoms with Crippen molar-refractivity contribution < 1.29 is 14.3 Å². The lowest BCUT2D eigenvalue weighted by Gasteiger charge is -2.34. The van der Waals surface area contributed by atoms with E-state index in [0.29, 0.717) is 18.2 Å². The van der Waals surface area contributed by atoms with Crippen LogP contribution in [0.2, 0.25) is 5.02 Å². The smallest absolute Gasteiger partial charge is 0.238 e. The number of methoxy groups -OCH3 is 1. The molecular weight excluding hydrogens is 390 g/mol. The highest BCUT2D eigenvalue weighted by Gasteiger charge is 2.19. The van der Waals surface area contributed by atoms with E-state index in [9.17, 15) is 4.79 Å². The Morgan fingerprint density at radius 2 is 1.69 bits per heavy atom. The monoisotopic (exact) mass is 417 g/mol. The molecule has 3 rings (SSSR count). The van der Waals surface area contributed by atoms with Crippen LogP contribution in [-0.2, 0) is 4.79 Å². The van der Waals surface area contributed by atoms with Crippen LogP contribution >= 0.6 is 11.6 Å². The second-order valence-electron chi connectivity index (χ2n) is 7.15. The van der Waals surface area contributed by atoms with Gasteiger partial charge in [0.1, 0.15) is 18.1 Å². The summed E-state index contributed by atoms with van der Waals surface area (Å²) in [6, 6.07) is 13.1. The molecule has 1 amide bonds. The highest BCUT2D eigenvalue weighted by molar-refractivity contribution is 6.30. The average Bonchev–Trinajstić information content (AvgIpc) is 2.72. The summed E-state index contributed by atoms with van der Waals surface area (Å²) >= 11 is 5.97. The number of rotatable bonds is 8. The van der Waals surface area contributed by atoms with Gasteiger partial charge in [-0.2, -0.15) is 0 Å². The summed E-state index contributed by atoms with van der Waals surface area (Å²) in [5, 5.41) is 3.65. The molecule has 2 aromatic rings. The van der Waals surface area contributed by atoms with Crippen LogP contribution < -0.4 is 14.8 Å². The summed E-state index contributed by atoms with van der Waals surface area (Å²) in [5.41, 5.74) is 1.78. The number of hydrogen-bond acceptors (Lipinski definition) is 5. The summed E-state index contributed by atoms with van der Waals surface area (Å²) in [4.78, 5) is 16.9. The first kappa shape index (κ1) is 21.4. The van der Waals surface area contributed by atoms with E-state index in [1.54, 1.807) is 13.2 Å². The van der Waals surface area contributed by atoms with Crippen molar-refractivity contribution >= 4 is 23.2 Å². The number of carbonyl (C=O) groups is 1. The topological polar surface area (TPSA) is 54.0 Å². The second-order valence-corrected chi connectivity index (χ2v) is 7.59. The standard InChI is InChI=1S/C22H28ClN3O3/c1-17-15-18(23)3-8-21(17)24-22(27)16-26-11-9-25(10-12-26)13-14-29-20-6-4-19(28-2)5-7-20/h3-8,15H,9-14,16H2,1-2H3,(H,24,27). The molecule has 1 aliphatic rings. The van der Waals surface area contributed by atoms with E-state index in [1.807, 2.05) is 43.3 Å². The number of halogens is 1. The van der Waals surface area contributed by atoms with E-state index in [2.05, 4.69) is 15.1 Å². The molecule has 0 aromatic heterocycles. The van der Waals surface area contributed by atoms with Crippen molar-refractivity contribution in [1.29, 1.82) is 0 Å². The first-order chi connectivity index (χ1) is 14.0. The Kier molecular flexibility index (Phi) is 7.75. The Balaban J connectivity index is 1.34. The predicted molar refractivity (Wildman–Crippen MR) is 116 cm³/mol. The minimum atomic E-state index is 0.00621. The molecule has 1 saturated heterocycles. The lowest BCUT2D eigenvalue weighted by atomic mass is 10.2. The molecule has 1 fully saturated rings. The Morgan fingerprint density at radius 1 is 1.03 bits per heavy atom. The van der Waals surface area contributed by atoms with Crippen LogP contribution in [-0.4, -0.2) is 68.7 Å². The molecule has 7 heteroatoms. The normalized spacial score (nSPS) is 15.1. The van der Waals surface area contributed by atoms with E-state index in [0.717, 1.165) is 55.5 Å². The van der Waals surface area contributed by atoms with Crippen molar-refractivity contribution in [2.24, 2.45) is 0 Å². The maximum atomic E-state index is 12.3. The molecule has 0 aliphatic carbocycles. The van der Waals surface area contributed by atoms with E-state index >= 15 is 0 Å². The minimum Gasteiger partial charge on any atom is -0.497 e. The Hall–Kier alpha value is -2.28. The van der Waals surface area contributed by atoms with Crippen molar-refractivity contribution in [2.45, 2.75) is 6.92 Å². The van der Waals surface area contributed by atoms with Gasteiger partial charge in [0.25, 0.3) is 0 Å². The molecule has 6 nitrogen and oxygen atoms in total. The van der Waals surface area contributed by atoms with Gasteiger partial charge in [0.2, 0.25) is 5.91 Å². The van der Waals surface area contributed by atoms with Crippen LogP contribution in [0.15, 0.2) is 42.5 Å². The molecule has 0 spiro atoms. The summed E-state index contributed by atoms with van der Waals surface area (Å²) in [6.07, 6.45) is 0. The van der Waals surface area contributed by atoms with Gasteiger partial charge < -0.3 is 14.8 Å². The molecule has 1 N–H and O–H groups in total. The van der Waals surface area contributed by atoms with Crippen molar-refractivity contribution in [1.82, 2.24) is 9.80 Å². The third-order valence-electron chi connectivity index (χ3n) is 5.03. The lowest BCUT2D eigenvalue weighted by molar-refractivity contribution is -0.117. The predicted octanol–water partition coefficient (Wildman–Crippen LogP) is 3.29. The minimum absolute atomic E-state index is 0.00621. The van der Waals surface area contributed by atoms with Crippen molar-refractivity contribution in [2.75, 3.05) is 58.3 Å². The number of nitrogens with one attached hydrogen (secondary N) is 1. The summed E-state index contributed by atoms with van der Waals surface area (Å²) in [5.74, 6) is 1.68. The van der Waals surface area contributed by atoms with E-state index in [-0.39, 0.29) is 5.91 Å². The molecule has 1 heterocycles. The second kappa shape index (κ2) is 10.5. The average molecular weight is 418 g/mol. The van der Waals surface area contributed by atoms with Crippen LogP contribution in [0.1, 0.15) is 5.56 Å². The lowest BCUT2D eigenvalue weighted by Crippen LogP contribution is -2.49. The van der Waals surface area contributed by atoms with Gasteiger partial charge in [-0.05, 0) is 55.0 Å². The van der Waals surface area contributed by atoms with Gasteiger partial charge in [0.15, 0.2) is 0 Å². The van der Waals surface area contributed by atoms with E-state index in [1.165, 1.54) is 0 Å². The summed E-state index contributed by atoms with van der Waals surface area (Å²) in [7, 11) is 1.65. The first-order valence-electron chi connectivity index (χ1n) is 9.81. The Labute approximate surface area is 177 Å². The van der Waals surface area contributed by atoms with E-state index in [4.69, 9.17) is 21.1 Å². The molecule has 0 bridgehead atoms. The fraction of sp³-hybridized carbons (Fsp3) is 0.409. The maximum Gasteiger partial charge on any atom is 0.238 e. The van der Waals surface area contributed by atoms with Crippen LogP contribution in [0.25, 0.3) is 0 Å². The van der Waals surface area contributed by atoms with Gasteiger partial charge in [-0.3, -0.25) is 14.6 Å². The number of nitrogens with zero attached hydrogens (tertiary/aromatic N) is 2. The Bertz CT molecular complexity index is 805. The van der Waals surface area contributed by atoms with E-state index < -0.39 is 0 Å². The van der Waals surface area contributed by atoms with Gasteiger partial charge in [0.05, 0.1) is 13.7 Å². The first-order valence-corrected chi connectivity index (χ1v) is 10.2. The largest absolute Gasteiger partial charge is 0.497 e. The zero-order chi connectivity index (χ0) is 20.6. The number of amides is 1. The molecule has 2 aromatic carbocycles. The van der Waals surface area contributed by atoms with Gasteiger partial charge in [-0.1, -0.05) is 11.6 Å². The number of benzene rings is 2. The van der Waals surface area contributed by atoms with Crippen LogP contribution in [0.3, 0.4) is 0 Å². The third kappa shape index (κ3) is 6.63. The highest BCUT2D eigenvalue weighted by atomic mass is 35.5. The molecule has 0 unspecified atom stereocenters. The molecular formula is C22H28ClN3O3. The molecule has 156 valence electrons. The quantitative estimate of drug-likeness (QED) is 0.714. The van der Waals surface area contributed by atoms with Gasteiger partial charge >= 0.3 is 0 Å². The van der Waals surface area contributed by atoms with Crippen LogP contribution in [0, 0.1) is 6.92 Å². The SMILES string of the molecule is COc1ccc(OCCN2CCN(CC(=O)Nc3ccc(Cl)cc3C)CC2)cc1. The number of ether oxygens (including phenoxy) is 2. The van der Waals surface area contributed by atoms with Crippen LogP contribution in [0.5, 0.6) is 11.5 Å². The third-order valence-corrected chi connectivity index (χ3v) is 5.27. The number of carbonyl (C=O) groups excluding carboxylic acids is 1. The number of piperazine rings is 1. The van der Waals surface area contributed by atoms with Gasteiger partial charge in [-0.25, -0.2) is 0 Å². The zero-order valence-electron chi connectivity index (χ0n) is 17.0. The number of hydrogen-bond donors (Lipinski definition) is 1. The maximum absolute atomic E-state index is 12.3. The summed E-state index contributed by atoms with van der Waals surface area (Å²) < 4.78 is 10.9. The molecule has 1 aliphatic heterocycles. The fourth-order valence-electron chi connectivity index (χ4n) is 3.30. The summed E-state index contributed by atoms with van der Waals surface area (Å²) in [6.45, 7) is 7.45. The van der Waals surface area contributed by atoms with Gasteiger partial charge in [0, 0.05) is 43.4 Å². The highest BCUT2D eigenvalue weighted by Crippen LogP contribution is 2.20. The van der Waals surface area contributed by atoms with Crippen LogP contribution in [0.4, 0.5) is 5.69 Å². The van der Waals surface area contributed by atoms with Crippen molar-refractivity contribution in [3.63, 3.8) is 0 Å². The molecule has 0 saturated carbocycles. The Morgan fingerprint density at radius 3 is 2.34 bits per heavy atom. The molecule has 0 atom stereocenters.